The first-order valence-electron chi connectivity index (χ1n) is 9.95. The molecule has 0 bridgehead atoms. The highest BCUT2D eigenvalue weighted by atomic mass is 35.5. The lowest BCUT2D eigenvalue weighted by Crippen LogP contribution is -2.33. The van der Waals surface area contributed by atoms with Gasteiger partial charge in [-0.1, -0.05) is 11.6 Å². The van der Waals surface area contributed by atoms with Crippen LogP contribution in [0.25, 0.3) is 11.1 Å². The maximum atomic E-state index is 8.33. The molecule has 0 aliphatic heterocycles. The molecule has 2 aromatic rings. The summed E-state index contributed by atoms with van der Waals surface area (Å²) in [5.41, 5.74) is 10.5. The Morgan fingerprint density at radius 2 is 1.94 bits per heavy atom. The van der Waals surface area contributed by atoms with Crippen LogP contribution in [0, 0.1) is 10.8 Å². The fraction of sp³-hybridized carbons (Fsp3) is 0.348. The van der Waals surface area contributed by atoms with E-state index in [1.165, 1.54) is 0 Å². The number of halogens is 1. The Hall–Kier alpha value is -2.90. The Bertz CT molecular complexity index is 1060. The minimum Gasteiger partial charge on any atom is -0.493 e. The van der Waals surface area contributed by atoms with Crippen molar-refractivity contribution in [1.29, 1.82) is 10.8 Å². The fourth-order valence-electron chi connectivity index (χ4n) is 3.17. The molecule has 2 rings (SSSR count). The van der Waals surface area contributed by atoms with Crippen LogP contribution < -0.4 is 16.0 Å². The molecule has 166 valence electrons. The Morgan fingerprint density at radius 3 is 2.55 bits per heavy atom. The summed E-state index contributed by atoms with van der Waals surface area (Å²) in [6, 6.07) is 9.00. The first kappa shape index (κ1) is 24.4. The van der Waals surface area contributed by atoms with Gasteiger partial charge in [0.15, 0.2) is 0 Å². The third kappa shape index (κ3) is 6.54. The van der Waals surface area contributed by atoms with E-state index in [0.29, 0.717) is 36.2 Å². The van der Waals surface area contributed by atoms with Crippen molar-refractivity contribution in [3.63, 3.8) is 0 Å². The molecule has 0 aliphatic rings. The van der Waals surface area contributed by atoms with E-state index in [-0.39, 0.29) is 5.49 Å². The lowest BCUT2D eigenvalue weighted by Gasteiger charge is -2.17. The van der Waals surface area contributed by atoms with Crippen molar-refractivity contribution in [2.75, 3.05) is 34.3 Å². The highest BCUT2D eigenvalue weighted by molar-refractivity contribution is 6.30. The summed E-state index contributed by atoms with van der Waals surface area (Å²) in [7, 11) is 5.53. The Morgan fingerprint density at radius 1 is 1.23 bits per heavy atom. The van der Waals surface area contributed by atoms with Crippen LogP contribution >= 0.6 is 11.6 Å². The van der Waals surface area contributed by atoms with Crippen molar-refractivity contribution in [2.24, 2.45) is 10.7 Å². The zero-order valence-corrected chi connectivity index (χ0v) is 19.5. The number of aromatic nitrogens is 1. The van der Waals surface area contributed by atoms with Gasteiger partial charge in [0.25, 0.3) is 0 Å². The van der Waals surface area contributed by atoms with E-state index in [9.17, 15) is 0 Å². The number of hydrogen-bond donors (Lipinski definition) is 3. The predicted molar refractivity (Wildman–Crippen MR) is 128 cm³/mol. The first-order chi connectivity index (χ1) is 14.6. The summed E-state index contributed by atoms with van der Waals surface area (Å²) in [6.45, 7) is 4.63. The number of nitrogens with zero attached hydrogens (tertiary/aromatic N) is 3. The van der Waals surface area contributed by atoms with Gasteiger partial charge in [-0.15, -0.1) is 0 Å². The van der Waals surface area contributed by atoms with Crippen LogP contribution in [0.2, 0.25) is 5.02 Å². The van der Waals surface area contributed by atoms with Gasteiger partial charge >= 0.3 is 0 Å². The lowest BCUT2D eigenvalue weighted by molar-refractivity contribution is 0.324. The Labute approximate surface area is 188 Å². The molecule has 8 heteroatoms. The van der Waals surface area contributed by atoms with Gasteiger partial charge < -0.3 is 15.4 Å². The van der Waals surface area contributed by atoms with Gasteiger partial charge in [-0.2, -0.15) is 0 Å². The third-order valence-corrected chi connectivity index (χ3v) is 5.05. The predicted octanol–water partition coefficient (Wildman–Crippen LogP) is 3.77. The highest BCUT2D eigenvalue weighted by Gasteiger charge is 2.12. The molecule has 1 aromatic heterocycles. The van der Waals surface area contributed by atoms with Crippen molar-refractivity contribution in [3.05, 3.63) is 58.3 Å². The minimum atomic E-state index is 0.245. The Balaban J connectivity index is 2.35. The van der Waals surface area contributed by atoms with Crippen LogP contribution in [-0.4, -0.2) is 55.3 Å². The van der Waals surface area contributed by atoms with Gasteiger partial charge in [-0.3, -0.25) is 20.4 Å². The first-order valence-corrected chi connectivity index (χ1v) is 10.3. The summed E-state index contributed by atoms with van der Waals surface area (Å²) < 4.78 is 7.66. The van der Waals surface area contributed by atoms with E-state index in [4.69, 9.17) is 32.9 Å². The average molecular weight is 443 g/mol. The van der Waals surface area contributed by atoms with Gasteiger partial charge in [-0.05, 0) is 63.8 Å². The van der Waals surface area contributed by atoms with Gasteiger partial charge in [0.2, 0.25) is 0 Å². The molecule has 31 heavy (non-hydrogen) atoms. The van der Waals surface area contributed by atoms with Gasteiger partial charge in [-0.25, -0.2) is 0 Å². The van der Waals surface area contributed by atoms with Crippen molar-refractivity contribution >= 4 is 23.1 Å². The smallest absolute Gasteiger partial charge is 0.130 e. The average Bonchev–Trinajstić information content (AvgIpc) is 2.70. The maximum Gasteiger partial charge on any atom is 0.130 e. The normalized spacial score (nSPS) is 12.7. The largest absolute Gasteiger partial charge is 0.493 e. The van der Waals surface area contributed by atoms with Crippen LogP contribution in [0.4, 0.5) is 0 Å². The molecule has 0 radical (unpaired) electrons. The second-order valence-electron chi connectivity index (χ2n) is 7.57. The number of pyridine rings is 1. The van der Waals surface area contributed by atoms with Crippen LogP contribution in [0.15, 0.2) is 52.8 Å². The van der Waals surface area contributed by atoms with Crippen LogP contribution in [0.5, 0.6) is 5.75 Å². The standard InChI is InChI=1S/C23H31ClN6O/c1-15(25)19(16(2)28-3)10-11-31-21-12-18(24)7-8-20(21)17-6-9-22(26)30(13-17)23(27)14-29(4)5/h6-9,12-13,26-27H,10-11,14,25H2,1-5H3. The van der Waals surface area contributed by atoms with Gasteiger partial charge in [0.05, 0.1) is 13.2 Å². The number of benzene rings is 1. The van der Waals surface area contributed by atoms with Crippen molar-refractivity contribution in [3.8, 4) is 16.9 Å². The third-order valence-electron chi connectivity index (χ3n) is 4.82. The molecule has 1 heterocycles. The summed E-state index contributed by atoms with van der Waals surface area (Å²) in [5.74, 6) is 0.951. The molecule has 0 atom stereocenters. The fourth-order valence-corrected chi connectivity index (χ4v) is 3.34. The monoisotopic (exact) mass is 442 g/mol. The molecule has 0 fully saturated rings. The van der Waals surface area contributed by atoms with E-state index in [1.54, 1.807) is 36.0 Å². The maximum absolute atomic E-state index is 8.33. The highest BCUT2D eigenvalue weighted by Crippen LogP contribution is 2.32. The number of likely N-dealkylation sites (N-methyl/N-ethyl adjacent to an activating group) is 1. The number of rotatable bonds is 8. The van der Waals surface area contributed by atoms with Crippen molar-refractivity contribution in [1.82, 2.24) is 9.47 Å². The zero-order chi connectivity index (χ0) is 23.1. The number of allylic oxidation sites excluding steroid dienone is 1. The Kier molecular flexibility index (Phi) is 8.59. The molecule has 7 nitrogen and oxygen atoms in total. The minimum absolute atomic E-state index is 0.245. The second kappa shape index (κ2) is 10.9. The number of nitrogens with two attached hydrogens (primary N) is 1. The number of ether oxygens (including phenoxy) is 1. The topological polar surface area (TPSA) is 103 Å². The quantitative estimate of drug-likeness (QED) is 0.428. The molecule has 1 aromatic carbocycles. The van der Waals surface area contributed by atoms with E-state index >= 15 is 0 Å². The van der Waals surface area contributed by atoms with Gasteiger partial charge in [0.1, 0.15) is 17.1 Å². The number of nitrogens with one attached hydrogen (secondary N) is 2. The number of aliphatic imine (C=N–C) groups is 1. The molecule has 0 saturated heterocycles. The van der Waals surface area contributed by atoms with Crippen molar-refractivity contribution in [2.45, 2.75) is 20.3 Å². The molecule has 0 unspecified atom stereocenters. The van der Waals surface area contributed by atoms with Crippen molar-refractivity contribution < 1.29 is 4.74 Å². The van der Waals surface area contributed by atoms with Crippen LogP contribution in [-0.2, 0) is 0 Å². The molecule has 0 spiro atoms. The SMILES string of the molecule is CN=C(C)C(CCOc1cc(Cl)ccc1-c1ccc(=N)n(C(=N)CN(C)C)c1)=C(C)N. The zero-order valence-electron chi connectivity index (χ0n) is 18.8. The summed E-state index contributed by atoms with van der Waals surface area (Å²) >= 11 is 6.23. The van der Waals surface area contributed by atoms with E-state index < -0.39 is 0 Å². The molecule has 0 saturated carbocycles. The second-order valence-corrected chi connectivity index (χ2v) is 8.00. The van der Waals surface area contributed by atoms with Crippen LogP contribution in [0.3, 0.4) is 0 Å². The summed E-state index contributed by atoms with van der Waals surface area (Å²) in [4.78, 5) is 6.12. The molecule has 0 aliphatic carbocycles. The van der Waals surface area contributed by atoms with Crippen LogP contribution in [0.1, 0.15) is 20.3 Å². The van der Waals surface area contributed by atoms with E-state index in [2.05, 4.69) is 4.99 Å². The molecular weight excluding hydrogens is 412 g/mol. The lowest BCUT2D eigenvalue weighted by atomic mass is 10.1. The van der Waals surface area contributed by atoms with Gasteiger partial charge in [0, 0.05) is 47.2 Å². The van der Waals surface area contributed by atoms with E-state index in [0.717, 1.165) is 28.1 Å². The molecule has 4 N–H and O–H groups in total. The van der Waals surface area contributed by atoms with E-state index in [1.807, 2.05) is 45.0 Å². The number of hydrogen-bond acceptors (Lipinski definition) is 6. The molecular formula is C23H31ClN6O. The summed E-state index contributed by atoms with van der Waals surface area (Å²) in [6.07, 6.45) is 2.41. The summed E-state index contributed by atoms with van der Waals surface area (Å²) in [5, 5.41) is 17.1. The molecule has 0 amide bonds.